The molecule has 35 heavy (non-hydrogen) atoms. The lowest BCUT2D eigenvalue weighted by Gasteiger charge is -2.38. The van der Waals surface area contributed by atoms with Gasteiger partial charge in [0.2, 0.25) is 22.7 Å². The number of carbonyl (C=O) groups is 1. The van der Waals surface area contributed by atoms with E-state index in [4.69, 9.17) is 21.1 Å². The van der Waals surface area contributed by atoms with Crippen LogP contribution in [0.3, 0.4) is 0 Å². The number of rotatable bonds is 6. The smallest absolute Gasteiger partial charge is 0.231 e. The Hall–Kier alpha value is -2.33. The van der Waals surface area contributed by atoms with Crippen LogP contribution in [0.4, 0.5) is 0 Å². The minimum atomic E-state index is -3.50. The highest BCUT2D eigenvalue weighted by Crippen LogP contribution is 2.33. The number of ether oxygens (including phenoxy) is 2. The van der Waals surface area contributed by atoms with Gasteiger partial charge >= 0.3 is 0 Å². The highest BCUT2D eigenvalue weighted by Gasteiger charge is 2.35. The van der Waals surface area contributed by atoms with E-state index in [0.717, 1.165) is 43.1 Å². The van der Waals surface area contributed by atoms with E-state index in [1.165, 1.54) is 4.31 Å². The van der Waals surface area contributed by atoms with E-state index in [-0.39, 0.29) is 30.9 Å². The number of carbonyl (C=O) groups excluding carboxylic acids is 1. The summed E-state index contributed by atoms with van der Waals surface area (Å²) < 4.78 is 38.4. The van der Waals surface area contributed by atoms with Crippen molar-refractivity contribution in [3.63, 3.8) is 0 Å². The van der Waals surface area contributed by atoms with Gasteiger partial charge in [-0.15, -0.1) is 0 Å². The summed E-state index contributed by atoms with van der Waals surface area (Å²) in [5.74, 6) is 1.26. The van der Waals surface area contributed by atoms with Gasteiger partial charge < -0.3 is 14.4 Å². The first-order chi connectivity index (χ1) is 16.9. The van der Waals surface area contributed by atoms with Crippen LogP contribution in [-0.4, -0.2) is 74.5 Å². The van der Waals surface area contributed by atoms with Crippen molar-refractivity contribution < 1.29 is 22.7 Å². The van der Waals surface area contributed by atoms with Gasteiger partial charge in [-0.2, -0.15) is 0 Å². The van der Waals surface area contributed by atoms with Crippen LogP contribution in [0.5, 0.6) is 11.5 Å². The number of piperidine rings is 1. The van der Waals surface area contributed by atoms with Gasteiger partial charge in [-0.25, -0.2) is 12.7 Å². The fourth-order valence-corrected chi connectivity index (χ4v) is 6.70. The molecule has 188 valence electrons. The quantitative estimate of drug-likeness (QED) is 0.584. The summed E-state index contributed by atoms with van der Waals surface area (Å²) in [4.78, 5) is 17.5. The normalized spacial score (nSPS) is 21.3. The van der Waals surface area contributed by atoms with Gasteiger partial charge in [0, 0.05) is 50.8 Å². The average Bonchev–Trinajstić information content (AvgIpc) is 3.33. The second-order valence-electron chi connectivity index (χ2n) is 9.37. The van der Waals surface area contributed by atoms with Crippen LogP contribution in [0, 0.1) is 5.92 Å². The number of benzene rings is 2. The lowest BCUT2D eigenvalue weighted by Crippen LogP contribution is -2.52. The first kappa shape index (κ1) is 24.4. The Morgan fingerprint density at radius 2 is 1.66 bits per heavy atom. The molecule has 1 unspecified atom stereocenters. The molecule has 2 aromatic rings. The largest absolute Gasteiger partial charge is 0.454 e. The van der Waals surface area contributed by atoms with Gasteiger partial charge in [0.05, 0.1) is 11.7 Å². The Morgan fingerprint density at radius 3 is 2.43 bits per heavy atom. The molecule has 3 heterocycles. The van der Waals surface area contributed by atoms with Gasteiger partial charge in [-0.1, -0.05) is 29.8 Å². The van der Waals surface area contributed by atoms with Gasteiger partial charge in [0.15, 0.2) is 11.5 Å². The Kier molecular flexibility index (Phi) is 7.20. The molecule has 0 saturated carbocycles. The third kappa shape index (κ3) is 5.74. The lowest BCUT2D eigenvalue weighted by atomic mass is 9.97. The Labute approximate surface area is 211 Å². The summed E-state index contributed by atoms with van der Waals surface area (Å²) in [7, 11) is -3.50. The number of sulfonamides is 1. The number of amides is 1. The fraction of sp³-hybridized carbons (Fsp3) is 0.480. The van der Waals surface area contributed by atoms with Gasteiger partial charge in [0.1, 0.15) is 0 Å². The van der Waals surface area contributed by atoms with Crippen LogP contribution in [0.1, 0.15) is 24.0 Å². The van der Waals surface area contributed by atoms with Crippen LogP contribution >= 0.6 is 11.6 Å². The zero-order valence-corrected chi connectivity index (χ0v) is 21.1. The molecule has 3 aliphatic rings. The van der Waals surface area contributed by atoms with Crippen molar-refractivity contribution in [2.24, 2.45) is 5.92 Å². The Morgan fingerprint density at radius 1 is 0.943 bits per heavy atom. The van der Waals surface area contributed by atoms with E-state index in [1.54, 1.807) is 24.3 Å². The molecule has 1 atom stereocenters. The Balaban J connectivity index is 1.14. The predicted octanol–water partition coefficient (Wildman–Crippen LogP) is 2.95. The topological polar surface area (TPSA) is 79.4 Å². The molecule has 5 rings (SSSR count). The number of halogens is 1. The first-order valence-electron chi connectivity index (χ1n) is 12.0. The monoisotopic (exact) mass is 519 g/mol. The molecular weight excluding hydrogens is 490 g/mol. The van der Waals surface area contributed by atoms with E-state index in [1.807, 2.05) is 23.1 Å². The molecule has 0 radical (unpaired) electrons. The van der Waals surface area contributed by atoms with Crippen molar-refractivity contribution in [1.82, 2.24) is 14.1 Å². The molecule has 10 heteroatoms. The van der Waals surface area contributed by atoms with Crippen molar-refractivity contribution in [2.45, 2.75) is 25.1 Å². The van der Waals surface area contributed by atoms with E-state index in [9.17, 15) is 13.2 Å². The highest BCUT2D eigenvalue weighted by atomic mass is 35.5. The summed E-state index contributed by atoms with van der Waals surface area (Å²) in [6.07, 6.45) is 1.42. The van der Waals surface area contributed by atoms with Gasteiger partial charge in [0.25, 0.3) is 0 Å². The second-order valence-corrected chi connectivity index (χ2v) is 11.8. The maximum atomic E-state index is 13.3. The van der Waals surface area contributed by atoms with Crippen molar-refractivity contribution >= 4 is 27.5 Å². The molecule has 8 nitrogen and oxygen atoms in total. The Bertz CT molecular complexity index is 1170. The summed E-state index contributed by atoms with van der Waals surface area (Å²) in [6.45, 7) is 4.64. The van der Waals surface area contributed by atoms with Crippen molar-refractivity contribution in [3.8, 4) is 11.5 Å². The summed E-state index contributed by atoms with van der Waals surface area (Å²) in [5, 5.41) is 0.575. The minimum Gasteiger partial charge on any atom is -0.454 e. The number of hydrogen-bond acceptors (Lipinski definition) is 6. The fourth-order valence-electron chi connectivity index (χ4n) is 4.96. The van der Waals surface area contributed by atoms with E-state index < -0.39 is 10.0 Å². The second kappa shape index (κ2) is 10.3. The molecular formula is C25H30ClN3O5S. The number of nitrogens with zero attached hydrogens (tertiary/aromatic N) is 3. The molecule has 2 saturated heterocycles. The van der Waals surface area contributed by atoms with Gasteiger partial charge in [-0.05, 0) is 48.2 Å². The molecule has 0 aliphatic carbocycles. The predicted molar refractivity (Wildman–Crippen MR) is 133 cm³/mol. The SMILES string of the molecule is O=C(C1CCCN(S(=O)(=O)Cc2ccc(Cl)cc2)C1)N1CCN(Cc2ccc3c(c2)OCO3)CC1. The summed E-state index contributed by atoms with van der Waals surface area (Å²) >= 11 is 5.91. The molecule has 0 bridgehead atoms. The maximum Gasteiger partial charge on any atom is 0.231 e. The third-order valence-electron chi connectivity index (χ3n) is 6.92. The standard InChI is InChI=1S/C25H30ClN3O5S/c26-22-6-3-19(4-7-22)17-35(31,32)29-9-1-2-21(16-29)25(30)28-12-10-27(11-13-28)15-20-5-8-23-24(14-20)34-18-33-23/h3-8,14,21H,1-2,9-13,15-18H2. The van der Waals surface area contributed by atoms with E-state index in [0.29, 0.717) is 36.6 Å². The molecule has 2 fully saturated rings. The van der Waals surface area contributed by atoms with Crippen LogP contribution in [0.25, 0.3) is 0 Å². The van der Waals surface area contributed by atoms with Crippen LogP contribution in [-0.2, 0) is 27.1 Å². The zero-order chi connectivity index (χ0) is 24.4. The molecule has 1 amide bonds. The van der Waals surface area contributed by atoms with Crippen molar-refractivity contribution in [2.75, 3.05) is 46.1 Å². The van der Waals surface area contributed by atoms with Crippen molar-refractivity contribution in [3.05, 3.63) is 58.6 Å². The maximum absolute atomic E-state index is 13.3. The van der Waals surface area contributed by atoms with Crippen LogP contribution < -0.4 is 9.47 Å². The molecule has 2 aromatic carbocycles. The average molecular weight is 520 g/mol. The third-order valence-corrected chi connectivity index (χ3v) is 8.98. The summed E-state index contributed by atoms with van der Waals surface area (Å²) in [5.41, 5.74) is 1.85. The molecule has 0 aromatic heterocycles. The van der Waals surface area contributed by atoms with Crippen LogP contribution in [0.15, 0.2) is 42.5 Å². The molecule has 0 N–H and O–H groups in total. The summed E-state index contributed by atoms with van der Waals surface area (Å²) in [6, 6.07) is 12.9. The van der Waals surface area contributed by atoms with Crippen LogP contribution in [0.2, 0.25) is 5.02 Å². The first-order valence-corrected chi connectivity index (χ1v) is 14.0. The van der Waals surface area contributed by atoms with Crippen molar-refractivity contribution in [1.29, 1.82) is 0 Å². The number of fused-ring (bicyclic) bond motifs is 1. The number of piperazine rings is 1. The zero-order valence-electron chi connectivity index (χ0n) is 19.6. The molecule has 3 aliphatic heterocycles. The van der Waals surface area contributed by atoms with Gasteiger partial charge in [-0.3, -0.25) is 9.69 Å². The highest BCUT2D eigenvalue weighted by molar-refractivity contribution is 7.88. The van der Waals surface area contributed by atoms with E-state index in [2.05, 4.69) is 4.90 Å². The molecule has 0 spiro atoms. The minimum absolute atomic E-state index is 0.0686. The number of hydrogen-bond donors (Lipinski definition) is 0. The lowest BCUT2D eigenvalue weighted by molar-refractivity contribution is -0.138. The van der Waals surface area contributed by atoms with E-state index >= 15 is 0 Å².